The second-order valence-electron chi connectivity index (χ2n) is 3.99. The monoisotopic (exact) mass is 279 g/mol. The molecule has 7 heteroatoms. The van der Waals surface area contributed by atoms with Crippen molar-refractivity contribution in [2.24, 2.45) is 5.73 Å². The fourth-order valence-corrected chi connectivity index (χ4v) is 1.76. The van der Waals surface area contributed by atoms with E-state index < -0.39 is 6.10 Å². The van der Waals surface area contributed by atoms with E-state index in [1.54, 1.807) is 26.4 Å². The molecule has 1 unspecified atom stereocenters. The third kappa shape index (κ3) is 2.73. The number of nitrogens with two attached hydrogens (primary N) is 1. The second kappa shape index (κ2) is 6.36. The molecule has 108 valence electrons. The van der Waals surface area contributed by atoms with Crippen LogP contribution in [0.3, 0.4) is 0 Å². The van der Waals surface area contributed by atoms with E-state index in [9.17, 15) is 0 Å². The van der Waals surface area contributed by atoms with Gasteiger partial charge in [0.15, 0.2) is 11.5 Å². The molecule has 0 radical (unpaired) electrons. The van der Waals surface area contributed by atoms with Crippen molar-refractivity contribution in [3.8, 4) is 22.9 Å². The van der Waals surface area contributed by atoms with Crippen molar-refractivity contribution in [1.82, 2.24) is 10.1 Å². The summed E-state index contributed by atoms with van der Waals surface area (Å²) in [7, 11) is 4.69. The molecule has 1 aromatic carbocycles. The van der Waals surface area contributed by atoms with Crippen LogP contribution in [0.4, 0.5) is 0 Å². The molecule has 0 aliphatic rings. The predicted molar refractivity (Wildman–Crippen MR) is 71.6 cm³/mol. The molecule has 1 atom stereocenters. The topological polar surface area (TPSA) is 92.6 Å². The molecular weight excluding hydrogens is 262 g/mol. The summed E-state index contributed by atoms with van der Waals surface area (Å²) >= 11 is 0. The van der Waals surface area contributed by atoms with Crippen LogP contribution in [-0.2, 0) is 4.74 Å². The van der Waals surface area contributed by atoms with Gasteiger partial charge in [0.2, 0.25) is 5.82 Å². The first-order valence-corrected chi connectivity index (χ1v) is 6.02. The number of hydrogen-bond acceptors (Lipinski definition) is 7. The maximum Gasteiger partial charge on any atom is 0.257 e. The Morgan fingerprint density at radius 3 is 2.55 bits per heavy atom. The summed E-state index contributed by atoms with van der Waals surface area (Å²) in [6.45, 7) is 0.268. The van der Waals surface area contributed by atoms with E-state index in [0.717, 1.165) is 5.56 Å². The highest BCUT2D eigenvalue weighted by Crippen LogP contribution is 2.31. The van der Waals surface area contributed by atoms with Crippen molar-refractivity contribution in [1.29, 1.82) is 0 Å². The third-order valence-electron chi connectivity index (χ3n) is 2.86. The number of rotatable bonds is 6. The molecule has 0 fully saturated rings. The molecule has 0 saturated heterocycles. The van der Waals surface area contributed by atoms with Crippen molar-refractivity contribution >= 4 is 0 Å². The quantitative estimate of drug-likeness (QED) is 0.854. The first kappa shape index (κ1) is 14.3. The van der Waals surface area contributed by atoms with Crippen LogP contribution in [0.25, 0.3) is 11.4 Å². The van der Waals surface area contributed by atoms with Crippen molar-refractivity contribution in [3.63, 3.8) is 0 Å². The van der Waals surface area contributed by atoms with Gasteiger partial charge < -0.3 is 24.5 Å². The minimum atomic E-state index is -0.406. The summed E-state index contributed by atoms with van der Waals surface area (Å²) in [4.78, 5) is 4.27. The predicted octanol–water partition coefficient (Wildman–Crippen LogP) is 1.40. The molecule has 0 aliphatic carbocycles. The van der Waals surface area contributed by atoms with Gasteiger partial charge in [0.25, 0.3) is 5.89 Å². The van der Waals surface area contributed by atoms with Crippen LogP contribution in [0.5, 0.6) is 11.5 Å². The summed E-state index contributed by atoms with van der Waals surface area (Å²) in [5.41, 5.74) is 6.31. The Hall–Kier alpha value is -2.12. The van der Waals surface area contributed by atoms with Crippen LogP contribution in [0, 0.1) is 0 Å². The Balaban J connectivity index is 2.32. The largest absolute Gasteiger partial charge is 0.493 e. The zero-order valence-corrected chi connectivity index (χ0v) is 11.6. The molecular formula is C13H17N3O4. The van der Waals surface area contributed by atoms with Gasteiger partial charge in [0.05, 0.1) is 14.2 Å². The normalized spacial score (nSPS) is 12.2. The lowest BCUT2D eigenvalue weighted by atomic mass is 10.2. The average Bonchev–Trinajstić information content (AvgIpc) is 2.97. The molecule has 1 heterocycles. The van der Waals surface area contributed by atoms with Gasteiger partial charge >= 0.3 is 0 Å². The van der Waals surface area contributed by atoms with Gasteiger partial charge in [-0.3, -0.25) is 0 Å². The highest BCUT2D eigenvalue weighted by atomic mass is 16.5. The first-order valence-electron chi connectivity index (χ1n) is 6.02. The highest BCUT2D eigenvalue weighted by molar-refractivity contribution is 5.60. The van der Waals surface area contributed by atoms with E-state index in [1.807, 2.05) is 6.07 Å². The van der Waals surface area contributed by atoms with Gasteiger partial charge in [0, 0.05) is 19.2 Å². The van der Waals surface area contributed by atoms with Gasteiger partial charge in [-0.1, -0.05) is 5.16 Å². The minimum absolute atomic E-state index is 0.268. The lowest BCUT2D eigenvalue weighted by Crippen LogP contribution is -2.14. The van der Waals surface area contributed by atoms with E-state index in [1.165, 1.54) is 7.11 Å². The van der Waals surface area contributed by atoms with Crippen LogP contribution < -0.4 is 15.2 Å². The molecule has 2 N–H and O–H groups in total. The number of nitrogens with zero attached hydrogens (tertiary/aromatic N) is 2. The summed E-state index contributed by atoms with van der Waals surface area (Å²) in [6, 6.07) is 5.37. The molecule has 0 amide bonds. The molecule has 0 bridgehead atoms. The van der Waals surface area contributed by atoms with Crippen LogP contribution >= 0.6 is 0 Å². The maximum absolute atomic E-state index is 5.56. The minimum Gasteiger partial charge on any atom is -0.493 e. The zero-order chi connectivity index (χ0) is 14.5. The molecule has 0 saturated carbocycles. The second-order valence-corrected chi connectivity index (χ2v) is 3.99. The maximum atomic E-state index is 5.56. The Morgan fingerprint density at radius 2 is 1.95 bits per heavy atom. The van der Waals surface area contributed by atoms with E-state index in [0.29, 0.717) is 23.2 Å². The molecule has 1 aromatic heterocycles. The zero-order valence-electron chi connectivity index (χ0n) is 11.6. The van der Waals surface area contributed by atoms with Crippen molar-refractivity contribution in [3.05, 3.63) is 24.1 Å². The average molecular weight is 279 g/mol. The van der Waals surface area contributed by atoms with Gasteiger partial charge in [0.1, 0.15) is 6.10 Å². The number of benzene rings is 1. The molecule has 0 aliphatic heterocycles. The smallest absolute Gasteiger partial charge is 0.257 e. The Kier molecular flexibility index (Phi) is 4.54. The SMILES string of the molecule is COc1ccc(-c2noc(C(CN)OC)n2)cc1OC. The number of hydrogen-bond donors (Lipinski definition) is 1. The van der Waals surface area contributed by atoms with Gasteiger partial charge in [-0.15, -0.1) is 0 Å². The van der Waals surface area contributed by atoms with Crippen LogP contribution in [0.1, 0.15) is 12.0 Å². The number of ether oxygens (including phenoxy) is 3. The van der Waals surface area contributed by atoms with Crippen molar-refractivity contribution in [2.45, 2.75) is 6.10 Å². The number of methoxy groups -OCH3 is 3. The summed E-state index contributed by atoms with van der Waals surface area (Å²) in [6.07, 6.45) is -0.406. The van der Waals surface area contributed by atoms with E-state index >= 15 is 0 Å². The lowest BCUT2D eigenvalue weighted by Gasteiger charge is -2.07. The third-order valence-corrected chi connectivity index (χ3v) is 2.86. The van der Waals surface area contributed by atoms with E-state index in [-0.39, 0.29) is 6.54 Å². The van der Waals surface area contributed by atoms with Gasteiger partial charge in [-0.05, 0) is 18.2 Å². The molecule has 2 rings (SSSR count). The Labute approximate surface area is 116 Å². The van der Waals surface area contributed by atoms with Gasteiger partial charge in [-0.25, -0.2) is 0 Å². The first-order chi connectivity index (χ1) is 9.73. The molecule has 0 spiro atoms. The van der Waals surface area contributed by atoms with Crippen LogP contribution in [-0.4, -0.2) is 38.0 Å². The van der Waals surface area contributed by atoms with Crippen LogP contribution in [0.15, 0.2) is 22.7 Å². The van der Waals surface area contributed by atoms with Gasteiger partial charge in [-0.2, -0.15) is 4.98 Å². The van der Waals surface area contributed by atoms with Crippen molar-refractivity contribution in [2.75, 3.05) is 27.9 Å². The Bertz CT molecular complexity index is 566. The van der Waals surface area contributed by atoms with Crippen LogP contribution in [0.2, 0.25) is 0 Å². The van der Waals surface area contributed by atoms with E-state index in [2.05, 4.69) is 10.1 Å². The summed E-state index contributed by atoms with van der Waals surface area (Å²) in [5, 5.41) is 3.92. The molecule has 20 heavy (non-hydrogen) atoms. The van der Waals surface area contributed by atoms with E-state index in [4.69, 9.17) is 24.5 Å². The fraction of sp³-hybridized carbons (Fsp3) is 0.385. The summed E-state index contributed by atoms with van der Waals surface area (Å²) < 4.78 is 20.7. The summed E-state index contributed by atoms with van der Waals surface area (Å²) in [5.74, 6) is 2.02. The standard InChI is InChI=1S/C13H17N3O4/c1-17-9-5-4-8(6-10(9)18-2)12-15-13(20-16-12)11(7-14)19-3/h4-6,11H,7,14H2,1-3H3. The highest BCUT2D eigenvalue weighted by Gasteiger charge is 2.18. The molecule has 7 nitrogen and oxygen atoms in total. The number of aromatic nitrogens is 2. The Morgan fingerprint density at radius 1 is 1.20 bits per heavy atom. The lowest BCUT2D eigenvalue weighted by molar-refractivity contribution is 0.0804. The van der Waals surface area contributed by atoms with Crippen molar-refractivity contribution < 1.29 is 18.7 Å². The molecule has 2 aromatic rings. The fourth-order valence-electron chi connectivity index (χ4n) is 1.76.